The van der Waals surface area contributed by atoms with Crippen molar-refractivity contribution in [1.82, 2.24) is 15.3 Å². The Morgan fingerprint density at radius 3 is 2.89 bits per heavy atom. The van der Waals surface area contributed by atoms with E-state index in [4.69, 9.17) is 9.84 Å². The van der Waals surface area contributed by atoms with Crippen LogP contribution in [-0.2, 0) is 9.59 Å². The number of hydrogen-bond acceptors (Lipinski definition) is 5. The van der Waals surface area contributed by atoms with Crippen molar-refractivity contribution in [2.45, 2.75) is 26.3 Å². The maximum Gasteiger partial charge on any atom is 0.325 e. The molecule has 0 aliphatic carbocycles. The van der Waals surface area contributed by atoms with Gasteiger partial charge in [-0.15, -0.1) is 0 Å². The van der Waals surface area contributed by atoms with E-state index in [2.05, 4.69) is 15.3 Å². The molecule has 0 fully saturated rings. The van der Waals surface area contributed by atoms with E-state index in [0.29, 0.717) is 5.88 Å². The Hall–Kier alpha value is -2.18. The number of nitrogens with zero attached hydrogens (tertiary/aromatic N) is 2. The van der Waals surface area contributed by atoms with Crippen molar-refractivity contribution in [1.29, 1.82) is 0 Å². The van der Waals surface area contributed by atoms with Gasteiger partial charge in [0.15, 0.2) is 0 Å². The van der Waals surface area contributed by atoms with E-state index in [1.165, 1.54) is 13.3 Å². The molecule has 7 nitrogen and oxygen atoms in total. The molecular formula is C11H15N3O4. The Labute approximate surface area is 104 Å². The quantitative estimate of drug-likeness (QED) is 0.748. The minimum atomic E-state index is -1.07. The number of carboxylic acid groups (broad SMARTS) is 1. The van der Waals surface area contributed by atoms with Crippen LogP contribution in [-0.4, -0.2) is 39.6 Å². The maximum absolute atomic E-state index is 11.3. The summed E-state index contributed by atoms with van der Waals surface area (Å²) in [7, 11) is 0. The second-order valence-corrected chi connectivity index (χ2v) is 3.74. The van der Waals surface area contributed by atoms with Crippen molar-refractivity contribution >= 4 is 11.9 Å². The number of amides is 1. The highest BCUT2D eigenvalue weighted by Crippen LogP contribution is 2.10. The fourth-order valence-corrected chi connectivity index (χ4v) is 1.15. The number of aromatic nitrogens is 2. The zero-order chi connectivity index (χ0) is 13.5. The van der Waals surface area contributed by atoms with Crippen LogP contribution in [0.1, 0.15) is 18.9 Å². The lowest BCUT2D eigenvalue weighted by Gasteiger charge is -2.10. The van der Waals surface area contributed by atoms with Crippen LogP contribution in [0.5, 0.6) is 5.88 Å². The third-order valence-electron chi connectivity index (χ3n) is 2.16. The normalized spacial score (nSPS) is 11.7. The van der Waals surface area contributed by atoms with Gasteiger partial charge in [0.1, 0.15) is 12.4 Å². The molecule has 0 bridgehead atoms. The molecule has 7 heteroatoms. The standard InChI is InChI=1S/C11H15N3O4/c1-7-5-12-6-13-10(7)18-4-3-9(15)14-8(2)11(16)17/h5-6,8H,3-4H2,1-2H3,(H,14,15)(H,16,17)/t8-/m0/s1. The monoisotopic (exact) mass is 253 g/mol. The van der Waals surface area contributed by atoms with Crippen molar-refractivity contribution in [2.75, 3.05) is 6.61 Å². The summed E-state index contributed by atoms with van der Waals surface area (Å²) in [5, 5.41) is 10.9. The van der Waals surface area contributed by atoms with Crippen LogP contribution in [0.15, 0.2) is 12.5 Å². The molecule has 0 saturated heterocycles. The van der Waals surface area contributed by atoms with Gasteiger partial charge in [-0.05, 0) is 13.8 Å². The van der Waals surface area contributed by atoms with E-state index in [1.807, 2.05) is 0 Å². The molecule has 0 unspecified atom stereocenters. The van der Waals surface area contributed by atoms with Crippen LogP contribution in [0.4, 0.5) is 0 Å². The van der Waals surface area contributed by atoms with Gasteiger partial charge in [-0.1, -0.05) is 0 Å². The number of hydrogen-bond donors (Lipinski definition) is 2. The van der Waals surface area contributed by atoms with E-state index in [-0.39, 0.29) is 18.9 Å². The number of aryl methyl sites for hydroxylation is 1. The molecule has 0 saturated carbocycles. The molecular weight excluding hydrogens is 238 g/mol. The Kier molecular flexibility index (Phi) is 5.04. The van der Waals surface area contributed by atoms with Crippen LogP contribution >= 0.6 is 0 Å². The average Bonchev–Trinajstić information content (AvgIpc) is 2.31. The number of nitrogens with one attached hydrogen (secondary N) is 1. The summed E-state index contributed by atoms with van der Waals surface area (Å²) in [6.07, 6.45) is 3.03. The third kappa shape index (κ3) is 4.36. The average molecular weight is 253 g/mol. The van der Waals surface area contributed by atoms with Gasteiger partial charge < -0.3 is 15.2 Å². The molecule has 0 aliphatic rings. The first-order valence-corrected chi connectivity index (χ1v) is 5.42. The highest BCUT2D eigenvalue weighted by Gasteiger charge is 2.13. The molecule has 1 aromatic heterocycles. The summed E-state index contributed by atoms with van der Waals surface area (Å²) in [6, 6.07) is -0.904. The second kappa shape index (κ2) is 6.53. The van der Waals surface area contributed by atoms with Crippen molar-refractivity contribution in [2.24, 2.45) is 0 Å². The van der Waals surface area contributed by atoms with Gasteiger partial charge in [0.2, 0.25) is 11.8 Å². The molecule has 1 rings (SSSR count). The van der Waals surface area contributed by atoms with Gasteiger partial charge in [-0.2, -0.15) is 0 Å². The topological polar surface area (TPSA) is 101 Å². The zero-order valence-corrected chi connectivity index (χ0v) is 10.2. The number of ether oxygens (including phenoxy) is 1. The van der Waals surface area contributed by atoms with Crippen LogP contribution in [0.3, 0.4) is 0 Å². The van der Waals surface area contributed by atoms with Gasteiger partial charge in [-0.25, -0.2) is 9.97 Å². The Balaban J connectivity index is 2.32. The lowest BCUT2D eigenvalue weighted by molar-refractivity contribution is -0.141. The Bertz CT molecular complexity index is 436. The molecule has 1 aromatic rings. The van der Waals surface area contributed by atoms with Gasteiger partial charge in [0.25, 0.3) is 0 Å². The smallest absolute Gasteiger partial charge is 0.325 e. The summed E-state index contributed by atoms with van der Waals surface area (Å²) < 4.78 is 5.29. The summed E-state index contributed by atoms with van der Waals surface area (Å²) in [4.78, 5) is 29.6. The first-order valence-electron chi connectivity index (χ1n) is 5.42. The van der Waals surface area contributed by atoms with Gasteiger partial charge in [0, 0.05) is 11.8 Å². The summed E-state index contributed by atoms with van der Waals surface area (Å²) in [5.41, 5.74) is 0.775. The summed E-state index contributed by atoms with van der Waals surface area (Å²) in [5.74, 6) is -1.03. The van der Waals surface area contributed by atoms with E-state index in [1.54, 1.807) is 13.1 Å². The zero-order valence-electron chi connectivity index (χ0n) is 10.2. The molecule has 0 radical (unpaired) electrons. The maximum atomic E-state index is 11.3. The fraction of sp³-hybridized carbons (Fsp3) is 0.455. The first kappa shape index (κ1) is 13.9. The number of carbonyl (C=O) groups excluding carboxylic acids is 1. The molecule has 1 heterocycles. The molecule has 0 aliphatic heterocycles. The van der Waals surface area contributed by atoms with E-state index in [9.17, 15) is 9.59 Å². The summed E-state index contributed by atoms with van der Waals surface area (Å²) >= 11 is 0. The van der Waals surface area contributed by atoms with E-state index in [0.717, 1.165) is 5.56 Å². The first-order chi connectivity index (χ1) is 8.50. The number of carboxylic acids is 1. The molecule has 0 aromatic carbocycles. The minimum Gasteiger partial charge on any atom is -0.480 e. The highest BCUT2D eigenvalue weighted by molar-refractivity contribution is 5.83. The lowest BCUT2D eigenvalue weighted by Crippen LogP contribution is -2.38. The Morgan fingerprint density at radius 1 is 1.56 bits per heavy atom. The molecule has 2 N–H and O–H groups in total. The van der Waals surface area contributed by atoms with E-state index >= 15 is 0 Å². The van der Waals surface area contributed by atoms with Gasteiger partial charge >= 0.3 is 5.97 Å². The summed E-state index contributed by atoms with van der Waals surface area (Å²) in [6.45, 7) is 3.33. The van der Waals surface area contributed by atoms with Crippen molar-refractivity contribution < 1.29 is 19.4 Å². The number of carbonyl (C=O) groups is 2. The third-order valence-corrected chi connectivity index (χ3v) is 2.16. The minimum absolute atomic E-state index is 0.0705. The molecule has 1 atom stereocenters. The largest absolute Gasteiger partial charge is 0.480 e. The SMILES string of the molecule is Cc1cncnc1OCCC(=O)N[C@@H](C)C(=O)O. The highest BCUT2D eigenvalue weighted by atomic mass is 16.5. The molecule has 18 heavy (non-hydrogen) atoms. The number of aliphatic carboxylic acids is 1. The fourth-order valence-electron chi connectivity index (χ4n) is 1.15. The second-order valence-electron chi connectivity index (χ2n) is 3.74. The van der Waals surface area contributed by atoms with Crippen LogP contribution in [0.25, 0.3) is 0 Å². The molecule has 98 valence electrons. The van der Waals surface area contributed by atoms with E-state index < -0.39 is 12.0 Å². The Morgan fingerprint density at radius 2 is 2.28 bits per heavy atom. The number of rotatable bonds is 6. The van der Waals surface area contributed by atoms with Gasteiger partial charge in [-0.3, -0.25) is 9.59 Å². The van der Waals surface area contributed by atoms with Gasteiger partial charge in [0.05, 0.1) is 13.0 Å². The molecule has 1 amide bonds. The van der Waals surface area contributed by atoms with Crippen molar-refractivity contribution in [3.63, 3.8) is 0 Å². The lowest BCUT2D eigenvalue weighted by atomic mass is 10.3. The van der Waals surface area contributed by atoms with Crippen molar-refractivity contribution in [3.05, 3.63) is 18.1 Å². The predicted molar refractivity (Wildman–Crippen MR) is 62.1 cm³/mol. The van der Waals surface area contributed by atoms with Crippen LogP contribution < -0.4 is 10.1 Å². The van der Waals surface area contributed by atoms with Crippen LogP contribution in [0.2, 0.25) is 0 Å². The molecule has 0 spiro atoms. The van der Waals surface area contributed by atoms with Crippen LogP contribution in [0, 0.1) is 6.92 Å². The predicted octanol–water partition coefficient (Wildman–Crippen LogP) is 0.143. The van der Waals surface area contributed by atoms with Crippen molar-refractivity contribution in [3.8, 4) is 5.88 Å².